The third-order valence-corrected chi connectivity index (χ3v) is 5.69. The van der Waals surface area contributed by atoms with Gasteiger partial charge in [0.05, 0.1) is 0 Å². The number of amides is 1. The van der Waals surface area contributed by atoms with E-state index in [0.29, 0.717) is 17.4 Å². The molecular weight excluding hydrogens is 308 g/mol. The third kappa shape index (κ3) is 3.89. The molecular formula is C19H29ClN2O. The number of nitrogens with zero attached hydrogens (tertiary/aromatic N) is 1. The second kappa shape index (κ2) is 7.67. The monoisotopic (exact) mass is 336 g/mol. The number of carbonyl (C=O) groups is 1. The highest BCUT2D eigenvalue weighted by Crippen LogP contribution is 2.59. The maximum absolute atomic E-state index is 13.1. The lowest BCUT2D eigenvalue weighted by Gasteiger charge is -2.31. The van der Waals surface area contributed by atoms with Gasteiger partial charge >= 0.3 is 0 Å². The molecule has 2 fully saturated rings. The van der Waals surface area contributed by atoms with Gasteiger partial charge in [-0.15, -0.1) is 12.4 Å². The molecule has 4 heteroatoms. The molecule has 1 N–H and O–H groups in total. The van der Waals surface area contributed by atoms with Crippen molar-refractivity contribution >= 4 is 18.3 Å². The number of nitrogens with one attached hydrogen (secondary N) is 1. The average Bonchev–Trinajstić information content (AvgIpc) is 3.26. The first-order chi connectivity index (χ1) is 10.7. The topological polar surface area (TPSA) is 32.3 Å². The summed E-state index contributed by atoms with van der Waals surface area (Å²) in [5.41, 5.74) is 1.56. The highest BCUT2D eigenvalue weighted by atomic mass is 35.5. The van der Waals surface area contributed by atoms with Gasteiger partial charge in [0.2, 0.25) is 5.91 Å². The standard InChI is InChI=1S/C19H28N2O.ClH/c1-3-15(2)21(14-16-7-5-4-6-8-16)18(22)17-13-19(17)9-11-20-12-10-19;/h4-8,15,17,20H,3,9-14H2,1-2H3;1H. The minimum Gasteiger partial charge on any atom is -0.335 e. The lowest BCUT2D eigenvalue weighted by molar-refractivity contribution is -0.136. The molecule has 1 aliphatic heterocycles. The van der Waals surface area contributed by atoms with E-state index < -0.39 is 0 Å². The smallest absolute Gasteiger partial charge is 0.226 e. The molecule has 1 aliphatic carbocycles. The van der Waals surface area contributed by atoms with Crippen molar-refractivity contribution in [3.05, 3.63) is 35.9 Å². The molecule has 0 aromatic heterocycles. The highest BCUT2D eigenvalue weighted by molar-refractivity contribution is 5.85. The zero-order valence-electron chi connectivity index (χ0n) is 14.3. The molecule has 3 nitrogen and oxygen atoms in total. The van der Waals surface area contributed by atoms with E-state index in [2.05, 4.69) is 48.3 Å². The van der Waals surface area contributed by atoms with E-state index in [1.807, 2.05) is 6.07 Å². The number of hydrogen-bond donors (Lipinski definition) is 1. The summed E-state index contributed by atoms with van der Waals surface area (Å²) >= 11 is 0. The van der Waals surface area contributed by atoms with Crippen LogP contribution in [-0.4, -0.2) is 29.9 Å². The maximum atomic E-state index is 13.1. The van der Waals surface area contributed by atoms with E-state index in [0.717, 1.165) is 32.5 Å². The van der Waals surface area contributed by atoms with Gasteiger partial charge in [-0.05, 0) is 56.7 Å². The van der Waals surface area contributed by atoms with E-state index in [1.54, 1.807) is 0 Å². The Labute approximate surface area is 146 Å². The first kappa shape index (κ1) is 18.3. The van der Waals surface area contributed by atoms with Crippen LogP contribution in [-0.2, 0) is 11.3 Å². The fourth-order valence-electron chi connectivity index (χ4n) is 3.83. The minimum atomic E-state index is 0. The van der Waals surface area contributed by atoms with Crippen molar-refractivity contribution in [2.75, 3.05) is 13.1 Å². The number of piperidine rings is 1. The van der Waals surface area contributed by atoms with Crippen molar-refractivity contribution in [2.24, 2.45) is 11.3 Å². The number of carbonyl (C=O) groups excluding carboxylic acids is 1. The van der Waals surface area contributed by atoms with Gasteiger partial charge < -0.3 is 10.2 Å². The van der Waals surface area contributed by atoms with E-state index in [1.165, 1.54) is 18.4 Å². The van der Waals surface area contributed by atoms with Crippen LogP contribution in [0.5, 0.6) is 0 Å². The van der Waals surface area contributed by atoms with Crippen LogP contribution in [0.15, 0.2) is 30.3 Å². The molecule has 1 aromatic carbocycles. The SMILES string of the molecule is CCC(C)N(Cc1ccccc1)C(=O)C1CC12CCNCC2.Cl. The second-order valence-corrected chi connectivity index (χ2v) is 7.08. The van der Waals surface area contributed by atoms with Crippen LogP contribution in [0.1, 0.15) is 45.1 Å². The molecule has 1 aromatic rings. The Morgan fingerprint density at radius 2 is 1.96 bits per heavy atom. The molecule has 0 bridgehead atoms. The van der Waals surface area contributed by atoms with E-state index >= 15 is 0 Å². The molecule has 128 valence electrons. The first-order valence-electron chi connectivity index (χ1n) is 8.71. The van der Waals surface area contributed by atoms with Crippen molar-refractivity contribution in [1.29, 1.82) is 0 Å². The van der Waals surface area contributed by atoms with Crippen molar-refractivity contribution in [2.45, 2.75) is 52.1 Å². The summed E-state index contributed by atoms with van der Waals surface area (Å²) in [4.78, 5) is 15.2. The predicted molar refractivity (Wildman–Crippen MR) is 96.6 cm³/mol. The number of benzene rings is 1. The Morgan fingerprint density at radius 1 is 1.30 bits per heavy atom. The van der Waals surface area contributed by atoms with Gasteiger partial charge in [0.25, 0.3) is 0 Å². The molecule has 2 atom stereocenters. The van der Waals surface area contributed by atoms with Crippen LogP contribution in [0, 0.1) is 11.3 Å². The van der Waals surface area contributed by atoms with Gasteiger partial charge in [0.1, 0.15) is 0 Å². The molecule has 1 saturated heterocycles. The van der Waals surface area contributed by atoms with Crippen LogP contribution in [0.4, 0.5) is 0 Å². The second-order valence-electron chi connectivity index (χ2n) is 7.08. The maximum Gasteiger partial charge on any atom is 0.226 e. The summed E-state index contributed by atoms with van der Waals surface area (Å²) in [6.45, 7) is 7.25. The van der Waals surface area contributed by atoms with Crippen LogP contribution >= 0.6 is 12.4 Å². The molecule has 1 saturated carbocycles. The van der Waals surface area contributed by atoms with Gasteiger partial charge in [0.15, 0.2) is 0 Å². The van der Waals surface area contributed by atoms with Crippen molar-refractivity contribution in [3.63, 3.8) is 0 Å². The normalized spacial score (nSPS) is 23.0. The van der Waals surface area contributed by atoms with Gasteiger partial charge in [-0.3, -0.25) is 4.79 Å². The highest BCUT2D eigenvalue weighted by Gasteiger charge is 2.58. The zero-order valence-corrected chi connectivity index (χ0v) is 15.1. The van der Waals surface area contributed by atoms with Crippen molar-refractivity contribution in [3.8, 4) is 0 Å². The largest absolute Gasteiger partial charge is 0.335 e. The molecule has 2 unspecified atom stereocenters. The van der Waals surface area contributed by atoms with Crippen molar-refractivity contribution in [1.82, 2.24) is 10.2 Å². The molecule has 1 amide bonds. The molecule has 3 rings (SSSR count). The first-order valence-corrected chi connectivity index (χ1v) is 8.71. The Kier molecular flexibility index (Phi) is 6.10. The Balaban J connectivity index is 0.00000192. The van der Waals surface area contributed by atoms with E-state index in [-0.39, 0.29) is 18.3 Å². The van der Waals surface area contributed by atoms with Crippen LogP contribution in [0.25, 0.3) is 0 Å². The zero-order chi connectivity index (χ0) is 15.6. The average molecular weight is 337 g/mol. The van der Waals surface area contributed by atoms with Crippen molar-refractivity contribution < 1.29 is 4.79 Å². The fourth-order valence-corrected chi connectivity index (χ4v) is 3.83. The Bertz CT molecular complexity index is 513. The van der Waals surface area contributed by atoms with Gasteiger partial charge in [0, 0.05) is 18.5 Å². The van der Waals surface area contributed by atoms with Gasteiger partial charge in [-0.2, -0.15) is 0 Å². The summed E-state index contributed by atoms with van der Waals surface area (Å²) in [5, 5.41) is 3.42. The lowest BCUT2D eigenvalue weighted by Crippen LogP contribution is -2.41. The van der Waals surface area contributed by atoms with Gasteiger partial charge in [-0.1, -0.05) is 37.3 Å². The quantitative estimate of drug-likeness (QED) is 0.890. The number of hydrogen-bond acceptors (Lipinski definition) is 2. The summed E-state index contributed by atoms with van der Waals surface area (Å²) < 4.78 is 0. The molecule has 23 heavy (non-hydrogen) atoms. The summed E-state index contributed by atoms with van der Waals surface area (Å²) in [6, 6.07) is 10.7. The molecule has 0 radical (unpaired) electrons. The molecule has 1 heterocycles. The Morgan fingerprint density at radius 3 is 2.57 bits per heavy atom. The predicted octanol–water partition coefficient (Wildman–Crippen LogP) is 3.63. The molecule has 2 aliphatic rings. The number of halogens is 1. The Hall–Kier alpha value is -1.06. The van der Waals surface area contributed by atoms with Gasteiger partial charge in [-0.25, -0.2) is 0 Å². The van der Waals surface area contributed by atoms with E-state index in [9.17, 15) is 4.79 Å². The molecule has 1 spiro atoms. The summed E-state index contributed by atoms with van der Waals surface area (Å²) in [7, 11) is 0. The number of rotatable bonds is 5. The lowest BCUT2D eigenvalue weighted by atomic mass is 9.91. The third-order valence-electron chi connectivity index (χ3n) is 5.69. The summed E-state index contributed by atoms with van der Waals surface area (Å²) in [6.07, 6.45) is 4.46. The summed E-state index contributed by atoms with van der Waals surface area (Å²) in [5.74, 6) is 0.660. The van der Waals surface area contributed by atoms with Crippen LogP contribution in [0.2, 0.25) is 0 Å². The fraction of sp³-hybridized carbons (Fsp3) is 0.632. The van der Waals surface area contributed by atoms with Crippen LogP contribution < -0.4 is 5.32 Å². The minimum absolute atomic E-state index is 0. The van der Waals surface area contributed by atoms with Crippen LogP contribution in [0.3, 0.4) is 0 Å². The van der Waals surface area contributed by atoms with E-state index in [4.69, 9.17) is 0 Å².